The van der Waals surface area contributed by atoms with E-state index in [0.717, 1.165) is 5.56 Å². The predicted octanol–water partition coefficient (Wildman–Crippen LogP) is -0.112. The second kappa shape index (κ2) is 4.63. The van der Waals surface area contributed by atoms with E-state index >= 15 is 0 Å². The molecule has 0 saturated carbocycles. The summed E-state index contributed by atoms with van der Waals surface area (Å²) >= 11 is 0. The van der Waals surface area contributed by atoms with Gasteiger partial charge >= 0.3 is 5.69 Å². The Hall–Kier alpha value is -3.36. The van der Waals surface area contributed by atoms with Crippen LogP contribution in [-0.2, 0) is 0 Å². The Balaban J connectivity index is 2.09. The molecule has 0 atom stereocenters. The van der Waals surface area contributed by atoms with E-state index in [2.05, 4.69) is 20.1 Å². The standard InChI is InChI=1S/C12H11N7O2/c13-9-5-8(6-1-3-7(20)4-2-6)18-19(9)11-15-10(14)16-12(21)17-11/h1-5,20H,13H2,(H3,14,15,16,17,21). The smallest absolute Gasteiger partial charge is 0.351 e. The number of hydrogen-bond acceptors (Lipinski definition) is 7. The largest absolute Gasteiger partial charge is 0.508 e. The average Bonchev–Trinajstić information content (AvgIpc) is 2.80. The molecule has 0 bridgehead atoms. The van der Waals surface area contributed by atoms with Gasteiger partial charge in [0.25, 0.3) is 5.95 Å². The van der Waals surface area contributed by atoms with E-state index in [1.807, 2.05) is 0 Å². The highest BCUT2D eigenvalue weighted by Gasteiger charge is 2.12. The van der Waals surface area contributed by atoms with Crippen molar-refractivity contribution in [3.63, 3.8) is 0 Å². The monoisotopic (exact) mass is 285 g/mol. The molecule has 21 heavy (non-hydrogen) atoms. The lowest BCUT2D eigenvalue weighted by molar-refractivity contribution is 0.475. The number of hydrogen-bond donors (Lipinski definition) is 4. The summed E-state index contributed by atoms with van der Waals surface area (Å²) in [5.41, 5.74) is 12.0. The first-order valence-corrected chi connectivity index (χ1v) is 5.92. The molecule has 0 radical (unpaired) electrons. The zero-order valence-electron chi connectivity index (χ0n) is 10.7. The molecule has 2 aromatic heterocycles. The number of phenols is 1. The number of rotatable bonds is 2. The van der Waals surface area contributed by atoms with Gasteiger partial charge in [0.05, 0.1) is 5.69 Å². The summed E-state index contributed by atoms with van der Waals surface area (Å²) in [5.74, 6) is 0.310. The van der Waals surface area contributed by atoms with Crippen LogP contribution in [0, 0.1) is 0 Å². The van der Waals surface area contributed by atoms with Gasteiger partial charge in [0.15, 0.2) is 0 Å². The van der Waals surface area contributed by atoms with Gasteiger partial charge in [-0.1, -0.05) is 0 Å². The molecule has 1 aromatic carbocycles. The highest BCUT2D eigenvalue weighted by Crippen LogP contribution is 2.23. The zero-order valence-corrected chi connectivity index (χ0v) is 10.7. The fourth-order valence-corrected chi connectivity index (χ4v) is 1.81. The number of aromatic nitrogens is 5. The van der Waals surface area contributed by atoms with Crippen LogP contribution in [0.3, 0.4) is 0 Å². The van der Waals surface area contributed by atoms with Crippen LogP contribution in [0.5, 0.6) is 5.75 Å². The Morgan fingerprint density at radius 3 is 2.52 bits per heavy atom. The summed E-state index contributed by atoms with van der Waals surface area (Å²) in [5, 5.41) is 13.5. The van der Waals surface area contributed by atoms with Gasteiger partial charge < -0.3 is 16.6 Å². The van der Waals surface area contributed by atoms with Crippen LogP contribution in [-0.4, -0.2) is 29.8 Å². The van der Waals surface area contributed by atoms with Crippen molar-refractivity contribution in [2.45, 2.75) is 0 Å². The fraction of sp³-hybridized carbons (Fsp3) is 0. The molecule has 0 fully saturated rings. The molecule has 0 spiro atoms. The van der Waals surface area contributed by atoms with Crippen molar-refractivity contribution in [3.8, 4) is 23.0 Å². The van der Waals surface area contributed by atoms with Crippen molar-refractivity contribution >= 4 is 11.8 Å². The molecule has 9 nitrogen and oxygen atoms in total. The van der Waals surface area contributed by atoms with Gasteiger partial charge in [0.2, 0.25) is 5.95 Å². The lowest BCUT2D eigenvalue weighted by Crippen LogP contribution is -2.19. The molecular weight excluding hydrogens is 274 g/mol. The van der Waals surface area contributed by atoms with E-state index < -0.39 is 5.69 Å². The topological polar surface area (TPSA) is 149 Å². The lowest BCUT2D eigenvalue weighted by Gasteiger charge is -2.01. The number of nitrogens with one attached hydrogen (secondary N) is 1. The van der Waals surface area contributed by atoms with E-state index in [1.165, 1.54) is 16.8 Å². The van der Waals surface area contributed by atoms with Crippen LogP contribution in [0.15, 0.2) is 35.1 Å². The molecular formula is C12H11N7O2. The predicted molar refractivity (Wildman–Crippen MR) is 75.7 cm³/mol. The minimum atomic E-state index is -0.640. The van der Waals surface area contributed by atoms with Crippen molar-refractivity contribution in [2.75, 3.05) is 11.5 Å². The lowest BCUT2D eigenvalue weighted by atomic mass is 10.1. The molecule has 0 aliphatic rings. The summed E-state index contributed by atoms with van der Waals surface area (Å²) in [4.78, 5) is 21.1. The third-order valence-electron chi connectivity index (χ3n) is 2.75. The Morgan fingerprint density at radius 2 is 1.86 bits per heavy atom. The minimum absolute atomic E-state index is 0.0150. The van der Waals surface area contributed by atoms with Gasteiger partial charge in [-0.25, -0.2) is 4.79 Å². The van der Waals surface area contributed by atoms with E-state index in [-0.39, 0.29) is 23.5 Å². The van der Waals surface area contributed by atoms with Crippen LogP contribution < -0.4 is 17.2 Å². The Kier molecular flexibility index (Phi) is 2.79. The van der Waals surface area contributed by atoms with Crippen LogP contribution in [0.2, 0.25) is 0 Å². The third kappa shape index (κ3) is 2.39. The number of nitrogen functional groups attached to an aromatic ring is 2. The molecule has 0 unspecified atom stereocenters. The van der Waals surface area contributed by atoms with Crippen molar-refractivity contribution in [3.05, 3.63) is 40.8 Å². The van der Waals surface area contributed by atoms with Crippen molar-refractivity contribution in [1.82, 2.24) is 24.7 Å². The Morgan fingerprint density at radius 1 is 1.14 bits per heavy atom. The summed E-state index contributed by atoms with van der Waals surface area (Å²) in [6.07, 6.45) is 0. The second-order valence-corrected chi connectivity index (χ2v) is 4.25. The van der Waals surface area contributed by atoms with Gasteiger partial charge in [-0.05, 0) is 24.3 Å². The quantitative estimate of drug-likeness (QED) is 0.513. The SMILES string of the molecule is Nc1nc(-n2nc(-c3ccc(O)cc3)cc2N)nc(=O)[nH]1. The first-order chi connectivity index (χ1) is 10.0. The van der Waals surface area contributed by atoms with E-state index in [0.29, 0.717) is 5.69 Å². The molecule has 0 aliphatic heterocycles. The zero-order chi connectivity index (χ0) is 15.0. The first-order valence-electron chi connectivity index (χ1n) is 5.92. The molecule has 3 rings (SSSR count). The van der Waals surface area contributed by atoms with Gasteiger partial charge in [0, 0.05) is 11.6 Å². The number of benzene rings is 1. The van der Waals surface area contributed by atoms with Crippen molar-refractivity contribution in [1.29, 1.82) is 0 Å². The minimum Gasteiger partial charge on any atom is -0.508 e. The summed E-state index contributed by atoms with van der Waals surface area (Å²) in [6.45, 7) is 0. The fourth-order valence-electron chi connectivity index (χ4n) is 1.81. The highest BCUT2D eigenvalue weighted by atomic mass is 16.3. The Bertz CT molecular complexity index is 851. The molecule has 6 N–H and O–H groups in total. The second-order valence-electron chi connectivity index (χ2n) is 4.25. The van der Waals surface area contributed by atoms with E-state index in [9.17, 15) is 9.90 Å². The molecule has 3 aromatic rings. The van der Waals surface area contributed by atoms with Crippen molar-refractivity contribution in [2.24, 2.45) is 0 Å². The first kappa shape index (κ1) is 12.7. The molecule has 106 valence electrons. The molecule has 0 aliphatic carbocycles. The van der Waals surface area contributed by atoms with Gasteiger partial charge in [-0.3, -0.25) is 4.98 Å². The molecule has 2 heterocycles. The number of anilines is 2. The average molecular weight is 285 g/mol. The maximum absolute atomic E-state index is 11.3. The third-order valence-corrected chi connectivity index (χ3v) is 2.75. The molecule has 9 heteroatoms. The van der Waals surface area contributed by atoms with Crippen LogP contribution >= 0.6 is 0 Å². The van der Waals surface area contributed by atoms with Crippen LogP contribution in [0.25, 0.3) is 17.2 Å². The van der Waals surface area contributed by atoms with E-state index in [1.54, 1.807) is 18.2 Å². The van der Waals surface area contributed by atoms with Crippen LogP contribution in [0.4, 0.5) is 11.8 Å². The maximum atomic E-state index is 11.3. The van der Waals surface area contributed by atoms with Crippen molar-refractivity contribution < 1.29 is 5.11 Å². The molecule has 0 amide bonds. The molecule has 0 saturated heterocycles. The van der Waals surface area contributed by atoms with Gasteiger partial charge in [-0.15, -0.1) is 0 Å². The summed E-state index contributed by atoms with van der Waals surface area (Å²) in [7, 11) is 0. The van der Waals surface area contributed by atoms with Crippen LogP contribution in [0.1, 0.15) is 0 Å². The maximum Gasteiger partial charge on any atom is 0.351 e. The van der Waals surface area contributed by atoms with Gasteiger partial charge in [0.1, 0.15) is 11.6 Å². The number of H-pyrrole nitrogens is 1. The normalized spacial score (nSPS) is 10.7. The number of nitrogens with two attached hydrogens (primary N) is 2. The summed E-state index contributed by atoms with van der Waals surface area (Å²) < 4.78 is 1.22. The number of phenolic OH excluding ortho intramolecular Hbond substituents is 1. The van der Waals surface area contributed by atoms with E-state index in [4.69, 9.17) is 11.5 Å². The van der Waals surface area contributed by atoms with Gasteiger partial charge in [-0.2, -0.15) is 19.7 Å². The summed E-state index contributed by atoms with van der Waals surface area (Å²) in [6, 6.07) is 8.05. The number of aromatic hydroxyl groups is 1. The number of aromatic amines is 1. The Labute approximate surface area is 117 Å². The highest BCUT2D eigenvalue weighted by molar-refractivity contribution is 5.63. The number of nitrogens with zero attached hydrogens (tertiary/aromatic N) is 4.